The number of rotatable bonds is 5. The molecule has 170 valence electrons. The largest absolute Gasteiger partial charge is 0.496 e. The molecule has 4 rings (SSSR count). The van der Waals surface area contributed by atoms with Crippen LogP contribution in [0.5, 0.6) is 5.75 Å². The van der Waals surface area contributed by atoms with Crippen molar-refractivity contribution >= 4 is 23.2 Å². The second-order valence-corrected chi connectivity index (χ2v) is 8.80. The van der Waals surface area contributed by atoms with Gasteiger partial charge in [0.25, 0.3) is 0 Å². The molecule has 3 aromatic rings. The number of anilines is 2. The Kier molecular flexibility index (Phi) is 6.50. The minimum atomic E-state index is -0.476. The predicted molar refractivity (Wildman–Crippen MR) is 132 cm³/mol. The molecule has 0 unspecified atom stereocenters. The summed E-state index contributed by atoms with van der Waals surface area (Å²) in [4.78, 5) is 28.6. The highest BCUT2D eigenvalue weighted by atomic mass is 16.5. The molecule has 1 saturated heterocycles. The zero-order valence-corrected chi connectivity index (χ0v) is 19.6. The molecule has 2 atom stereocenters. The van der Waals surface area contributed by atoms with Gasteiger partial charge >= 0.3 is 0 Å². The zero-order valence-electron chi connectivity index (χ0n) is 19.6. The number of carbonyl (C=O) groups is 2. The van der Waals surface area contributed by atoms with Crippen LogP contribution in [0.3, 0.4) is 0 Å². The lowest BCUT2D eigenvalue weighted by atomic mass is 9.82. The highest BCUT2D eigenvalue weighted by molar-refractivity contribution is 6.00. The lowest BCUT2D eigenvalue weighted by molar-refractivity contribution is -0.125. The van der Waals surface area contributed by atoms with Gasteiger partial charge in [0, 0.05) is 23.4 Å². The van der Waals surface area contributed by atoms with Gasteiger partial charge in [-0.1, -0.05) is 42.0 Å². The summed E-state index contributed by atoms with van der Waals surface area (Å²) in [5.74, 6) is 0.144. The van der Waals surface area contributed by atoms with Gasteiger partial charge in [0.15, 0.2) is 0 Å². The van der Waals surface area contributed by atoms with E-state index in [9.17, 15) is 9.59 Å². The number of nitrogens with zero attached hydrogens (tertiary/aromatic N) is 1. The fourth-order valence-corrected chi connectivity index (χ4v) is 4.73. The topological polar surface area (TPSA) is 58.6 Å². The quantitative estimate of drug-likeness (QED) is 0.548. The Morgan fingerprint density at radius 2 is 1.61 bits per heavy atom. The summed E-state index contributed by atoms with van der Waals surface area (Å²) in [6.07, 6.45) is 0.783. The van der Waals surface area contributed by atoms with E-state index in [1.807, 2.05) is 81.4 Å². The lowest BCUT2D eigenvalue weighted by Crippen LogP contribution is -2.47. The number of para-hydroxylation sites is 1. The Balaban J connectivity index is 1.78. The molecule has 1 N–H and O–H groups in total. The van der Waals surface area contributed by atoms with E-state index in [1.54, 1.807) is 12.0 Å². The van der Waals surface area contributed by atoms with Crippen molar-refractivity contribution in [2.45, 2.75) is 39.7 Å². The first kappa shape index (κ1) is 22.6. The number of nitrogens with one attached hydrogen (secondary N) is 1. The molecule has 1 aliphatic rings. The number of amides is 2. The van der Waals surface area contributed by atoms with E-state index >= 15 is 0 Å². The molecule has 0 aliphatic carbocycles. The van der Waals surface area contributed by atoms with Crippen LogP contribution in [0.1, 0.15) is 41.1 Å². The van der Waals surface area contributed by atoms with E-state index < -0.39 is 12.0 Å². The third kappa shape index (κ3) is 4.77. The van der Waals surface area contributed by atoms with Crippen LogP contribution in [0.4, 0.5) is 11.4 Å². The number of piperidine rings is 1. The van der Waals surface area contributed by atoms with Gasteiger partial charge in [-0.15, -0.1) is 0 Å². The van der Waals surface area contributed by atoms with Crippen LogP contribution in [0.25, 0.3) is 0 Å². The summed E-state index contributed by atoms with van der Waals surface area (Å²) in [5.41, 5.74) is 5.68. The van der Waals surface area contributed by atoms with Gasteiger partial charge in [-0.2, -0.15) is 0 Å². The molecule has 0 radical (unpaired) electrons. The standard InChI is InChI=1S/C28H30N2O3/c1-18-9-11-22(12-10-18)30-26(31)14-13-24(27(30)23-7-5-6-8-25(23)33-4)28(32)29-21-16-19(2)15-20(3)17-21/h5-12,15-17,24,27H,13-14H2,1-4H3,(H,29,32)/t24-,27+/m1/s1. The average Bonchev–Trinajstić information content (AvgIpc) is 2.78. The van der Waals surface area contributed by atoms with E-state index in [0.29, 0.717) is 18.6 Å². The molecule has 1 heterocycles. The number of aryl methyl sites for hydroxylation is 3. The van der Waals surface area contributed by atoms with E-state index in [4.69, 9.17) is 4.74 Å². The number of hydrogen-bond donors (Lipinski definition) is 1. The molecule has 1 aliphatic heterocycles. The van der Waals surface area contributed by atoms with Crippen molar-refractivity contribution in [1.82, 2.24) is 0 Å². The number of ether oxygens (including phenoxy) is 1. The first-order valence-electron chi connectivity index (χ1n) is 11.3. The summed E-state index contributed by atoms with van der Waals surface area (Å²) in [7, 11) is 1.62. The van der Waals surface area contributed by atoms with Crippen LogP contribution >= 0.6 is 0 Å². The molecule has 0 bridgehead atoms. The van der Waals surface area contributed by atoms with Crippen molar-refractivity contribution in [3.05, 3.63) is 89.0 Å². The second kappa shape index (κ2) is 9.49. The second-order valence-electron chi connectivity index (χ2n) is 8.80. The summed E-state index contributed by atoms with van der Waals surface area (Å²) in [5, 5.41) is 3.11. The van der Waals surface area contributed by atoms with Crippen molar-refractivity contribution in [1.29, 1.82) is 0 Å². The molecule has 5 heteroatoms. The number of carbonyl (C=O) groups excluding carboxylic acids is 2. The van der Waals surface area contributed by atoms with Gasteiger partial charge < -0.3 is 15.0 Å². The molecule has 3 aromatic carbocycles. The van der Waals surface area contributed by atoms with Crippen molar-refractivity contribution < 1.29 is 14.3 Å². The monoisotopic (exact) mass is 442 g/mol. The Hall–Kier alpha value is -3.60. The van der Waals surface area contributed by atoms with Crippen LogP contribution < -0.4 is 15.0 Å². The van der Waals surface area contributed by atoms with Crippen molar-refractivity contribution in [3.8, 4) is 5.75 Å². The molecule has 33 heavy (non-hydrogen) atoms. The number of hydrogen-bond acceptors (Lipinski definition) is 3. The summed E-state index contributed by atoms with van der Waals surface area (Å²) >= 11 is 0. The van der Waals surface area contributed by atoms with Crippen molar-refractivity contribution in [2.24, 2.45) is 5.92 Å². The van der Waals surface area contributed by atoms with E-state index in [0.717, 1.165) is 33.6 Å². The number of methoxy groups -OCH3 is 1. The Morgan fingerprint density at radius 3 is 2.27 bits per heavy atom. The van der Waals surface area contributed by atoms with Gasteiger partial charge in [-0.25, -0.2) is 0 Å². The zero-order chi connectivity index (χ0) is 23.5. The maximum Gasteiger partial charge on any atom is 0.229 e. The third-order valence-electron chi connectivity index (χ3n) is 6.19. The van der Waals surface area contributed by atoms with Gasteiger partial charge in [-0.3, -0.25) is 9.59 Å². The van der Waals surface area contributed by atoms with Gasteiger partial charge in [0.05, 0.1) is 19.1 Å². The van der Waals surface area contributed by atoms with E-state index in [1.165, 1.54) is 0 Å². The SMILES string of the molecule is COc1ccccc1[C@H]1[C@H](C(=O)Nc2cc(C)cc(C)c2)CCC(=O)N1c1ccc(C)cc1. The Morgan fingerprint density at radius 1 is 0.939 bits per heavy atom. The highest BCUT2D eigenvalue weighted by Gasteiger charge is 2.42. The van der Waals surface area contributed by atoms with E-state index in [2.05, 4.69) is 11.4 Å². The fraction of sp³-hybridized carbons (Fsp3) is 0.286. The summed E-state index contributed by atoms with van der Waals surface area (Å²) in [6, 6.07) is 21.0. The molecular formula is C28H30N2O3. The van der Waals surface area contributed by atoms with Crippen molar-refractivity contribution in [2.75, 3.05) is 17.3 Å². The molecular weight excluding hydrogens is 412 g/mol. The van der Waals surface area contributed by atoms with Gasteiger partial charge in [0.1, 0.15) is 5.75 Å². The maximum absolute atomic E-state index is 13.6. The Labute approximate surface area is 195 Å². The maximum atomic E-state index is 13.6. The first-order valence-corrected chi connectivity index (χ1v) is 11.3. The smallest absolute Gasteiger partial charge is 0.229 e. The van der Waals surface area contributed by atoms with Crippen LogP contribution in [0.15, 0.2) is 66.7 Å². The molecule has 2 amide bonds. The normalized spacial score (nSPS) is 18.2. The minimum absolute atomic E-state index is 0.00482. The summed E-state index contributed by atoms with van der Waals surface area (Å²) in [6.45, 7) is 6.04. The Bertz CT molecular complexity index is 1150. The molecule has 1 fully saturated rings. The van der Waals surface area contributed by atoms with Crippen LogP contribution in [0.2, 0.25) is 0 Å². The van der Waals surface area contributed by atoms with Gasteiger partial charge in [-0.05, 0) is 68.7 Å². The van der Waals surface area contributed by atoms with Crippen LogP contribution in [-0.2, 0) is 9.59 Å². The molecule has 0 spiro atoms. The molecule has 0 aromatic heterocycles. The average molecular weight is 443 g/mol. The van der Waals surface area contributed by atoms with Crippen LogP contribution in [-0.4, -0.2) is 18.9 Å². The molecule has 0 saturated carbocycles. The predicted octanol–water partition coefficient (Wildman–Crippen LogP) is 5.74. The fourth-order valence-electron chi connectivity index (χ4n) is 4.73. The minimum Gasteiger partial charge on any atom is -0.496 e. The van der Waals surface area contributed by atoms with E-state index in [-0.39, 0.29) is 11.8 Å². The van der Waals surface area contributed by atoms with Gasteiger partial charge in [0.2, 0.25) is 11.8 Å². The number of benzene rings is 3. The van der Waals surface area contributed by atoms with Crippen molar-refractivity contribution in [3.63, 3.8) is 0 Å². The van der Waals surface area contributed by atoms with Crippen LogP contribution in [0, 0.1) is 26.7 Å². The molecule has 5 nitrogen and oxygen atoms in total. The lowest BCUT2D eigenvalue weighted by Gasteiger charge is -2.41. The highest BCUT2D eigenvalue weighted by Crippen LogP contribution is 2.43. The summed E-state index contributed by atoms with van der Waals surface area (Å²) < 4.78 is 5.65. The first-order chi connectivity index (χ1) is 15.9. The third-order valence-corrected chi connectivity index (χ3v) is 6.19.